The van der Waals surface area contributed by atoms with E-state index < -0.39 is 26.7 Å². The number of primary sulfonamides is 1. The van der Waals surface area contributed by atoms with E-state index in [0.29, 0.717) is 16.1 Å². The van der Waals surface area contributed by atoms with E-state index in [1.807, 2.05) is 0 Å². The van der Waals surface area contributed by atoms with Crippen molar-refractivity contribution in [2.24, 2.45) is 5.14 Å². The van der Waals surface area contributed by atoms with Gasteiger partial charge in [-0.15, -0.1) is 0 Å². The molecular formula is C20H16FN3O5S2. The van der Waals surface area contributed by atoms with Crippen LogP contribution < -0.4 is 10.5 Å². The smallest absolute Gasteiger partial charge is 0.270 e. The van der Waals surface area contributed by atoms with Crippen LogP contribution in [0.2, 0.25) is 0 Å². The Kier molecular flexibility index (Phi) is 6.68. The van der Waals surface area contributed by atoms with Crippen LogP contribution in [-0.4, -0.2) is 19.2 Å². The highest BCUT2D eigenvalue weighted by Gasteiger charge is 2.19. The zero-order valence-electron chi connectivity index (χ0n) is 15.8. The third-order valence-electron chi connectivity index (χ3n) is 4.05. The number of amides is 1. The minimum atomic E-state index is -3.69. The van der Waals surface area contributed by atoms with Gasteiger partial charge in [-0.2, -0.15) is 0 Å². The monoisotopic (exact) mass is 461 g/mol. The standard InChI is InChI=1S/C20H16FN3O5S2/c21-17-3-1-2-4-19(17)30-18-10-9-15(24(26)27)11-16(18)20(25)23-14-7-5-13(6-8-14)12-31(22,28)29/h1-11H,12H2,(H,23,25)(H2,22,28,29). The summed E-state index contributed by atoms with van der Waals surface area (Å²) in [5.74, 6) is -1.47. The molecule has 0 saturated heterocycles. The van der Waals surface area contributed by atoms with Gasteiger partial charge in [0.2, 0.25) is 10.0 Å². The summed E-state index contributed by atoms with van der Waals surface area (Å²) in [6.45, 7) is 0. The van der Waals surface area contributed by atoms with Gasteiger partial charge in [0.1, 0.15) is 5.82 Å². The molecular weight excluding hydrogens is 445 g/mol. The Bertz CT molecular complexity index is 1250. The second kappa shape index (κ2) is 9.25. The number of anilines is 1. The lowest BCUT2D eigenvalue weighted by atomic mass is 10.1. The second-order valence-corrected chi connectivity index (χ2v) is 9.13. The lowest BCUT2D eigenvalue weighted by Gasteiger charge is -2.11. The first-order valence-corrected chi connectivity index (χ1v) is 11.3. The molecule has 31 heavy (non-hydrogen) atoms. The number of benzene rings is 3. The molecule has 0 spiro atoms. The lowest BCUT2D eigenvalue weighted by molar-refractivity contribution is -0.384. The summed E-state index contributed by atoms with van der Waals surface area (Å²) in [4.78, 5) is 24.0. The van der Waals surface area contributed by atoms with Crippen LogP contribution in [0.25, 0.3) is 0 Å². The van der Waals surface area contributed by atoms with Crippen LogP contribution in [0, 0.1) is 15.9 Å². The van der Waals surface area contributed by atoms with Crippen molar-refractivity contribution in [3.63, 3.8) is 0 Å². The van der Waals surface area contributed by atoms with E-state index in [0.717, 1.165) is 17.8 Å². The van der Waals surface area contributed by atoms with Crippen molar-refractivity contribution in [2.45, 2.75) is 15.5 Å². The summed E-state index contributed by atoms with van der Waals surface area (Å²) in [5.41, 5.74) is 0.491. The largest absolute Gasteiger partial charge is 0.322 e. The fourth-order valence-corrected chi connectivity index (χ4v) is 4.26. The average Bonchev–Trinajstić information content (AvgIpc) is 2.70. The number of nitro benzene ring substituents is 1. The van der Waals surface area contributed by atoms with Gasteiger partial charge in [-0.05, 0) is 35.9 Å². The van der Waals surface area contributed by atoms with Gasteiger partial charge in [0.15, 0.2) is 0 Å². The summed E-state index contributed by atoms with van der Waals surface area (Å²) in [7, 11) is -3.69. The number of sulfonamides is 1. The van der Waals surface area contributed by atoms with Crippen LogP contribution in [0.5, 0.6) is 0 Å². The van der Waals surface area contributed by atoms with Crippen LogP contribution in [0.1, 0.15) is 15.9 Å². The first-order chi connectivity index (χ1) is 14.6. The topological polar surface area (TPSA) is 132 Å². The van der Waals surface area contributed by atoms with Gasteiger partial charge in [0.05, 0.1) is 16.2 Å². The molecule has 8 nitrogen and oxygen atoms in total. The van der Waals surface area contributed by atoms with Gasteiger partial charge in [-0.25, -0.2) is 17.9 Å². The van der Waals surface area contributed by atoms with Crippen molar-refractivity contribution in [3.8, 4) is 0 Å². The molecule has 0 saturated carbocycles. The van der Waals surface area contributed by atoms with Crippen LogP contribution in [0.4, 0.5) is 15.8 Å². The number of rotatable bonds is 7. The first kappa shape index (κ1) is 22.4. The third-order valence-corrected chi connectivity index (χ3v) is 5.92. The number of non-ortho nitro benzene ring substituents is 1. The molecule has 0 radical (unpaired) electrons. The Morgan fingerprint density at radius 3 is 2.35 bits per heavy atom. The van der Waals surface area contributed by atoms with Crippen molar-refractivity contribution in [1.82, 2.24) is 0 Å². The molecule has 0 aromatic heterocycles. The number of carbonyl (C=O) groups is 1. The van der Waals surface area contributed by atoms with Gasteiger partial charge < -0.3 is 5.32 Å². The highest BCUT2D eigenvalue weighted by molar-refractivity contribution is 7.99. The Hall–Kier alpha value is -3.28. The van der Waals surface area contributed by atoms with Crippen LogP contribution in [-0.2, 0) is 15.8 Å². The number of carbonyl (C=O) groups excluding carboxylic acids is 1. The Morgan fingerprint density at radius 2 is 1.74 bits per heavy atom. The molecule has 0 fully saturated rings. The molecule has 11 heteroatoms. The maximum absolute atomic E-state index is 14.0. The van der Waals surface area contributed by atoms with Crippen LogP contribution >= 0.6 is 11.8 Å². The molecule has 3 N–H and O–H groups in total. The molecule has 3 aromatic carbocycles. The van der Waals surface area contributed by atoms with Crippen molar-refractivity contribution in [1.29, 1.82) is 0 Å². The lowest BCUT2D eigenvalue weighted by Crippen LogP contribution is -2.15. The SMILES string of the molecule is NS(=O)(=O)Cc1ccc(NC(=O)c2cc([N+](=O)[O-])ccc2Sc2ccccc2F)cc1. The minimum Gasteiger partial charge on any atom is -0.322 e. The highest BCUT2D eigenvalue weighted by Crippen LogP contribution is 2.34. The molecule has 0 heterocycles. The number of halogens is 1. The molecule has 1 amide bonds. The average molecular weight is 461 g/mol. The molecule has 160 valence electrons. The number of hydrogen-bond donors (Lipinski definition) is 2. The van der Waals surface area contributed by atoms with E-state index in [2.05, 4.69) is 5.32 Å². The normalized spacial score (nSPS) is 11.2. The van der Waals surface area contributed by atoms with Gasteiger partial charge in [-0.1, -0.05) is 36.0 Å². The Morgan fingerprint density at radius 1 is 1.06 bits per heavy atom. The van der Waals surface area contributed by atoms with Crippen molar-refractivity contribution in [2.75, 3.05) is 5.32 Å². The van der Waals surface area contributed by atoms with Crippen LogP contribution in [0.15, 0.2) is 76.5 Å². The summed E-state index contributed by atoms with van der Waals surface area (Å²) in [6.07, 6.45) is 0. The van der Waals surface area contributed by atoms with E-state index >= 15 is 0 Å². The maximum atomic E-state index is 14.0. The fraction of sp³-hybridized carbons (Fsp3) is 0.0500. The third kappa shape index (κ3) is 6.10. The van der Waals surface area contributed by atoms with Gasteiger partial charge in [0.25, 0.3) is 11.6 Å². The molecule has 0 atom stereocenters. The van der Waals surface area contributed by atoms with E-state index in [9.17, 15) is 27.7 Å². The number of nitrogens with one attached hydrogen (secondary N) is 1. The summed E-state index contributed by atoms with van der Waals surface area (Å²) in [6, 6.07) is 15.7. The summed E-state index contributed by atoms with van der Waals surface area (Å²) < 4.78 is 36.4. The zero-order valence-corrected chi connectivity index (χ0v) is 17.5. The van der Waals surface area contributed by atoms with E-state index in [1.165, 1.54) is 54.6 Å². The second-order valence-electron chi connectivity index (χ2n) is 6.43. The summed E-state index contributed by atoms with van der Waals surface area (Å²) >= 11 is 0.970. The fourth-order valence-electron chi connectivity index (χ4n) is 2.66. The maximum Gasteiger partial charge on any atom is 0.270 e. The van der Waals surface area contributed by atoms with Crippen molar-refractivity contribution in [3.05, 3.63) is 93.8 Å². The van der Waals surface area contributed by atoms with E-state index in [-0.39, 0.29) is 21.9 Å². The van der Waals surface area contributed by atoms with Crippen molar-refractivity contribution < 1.29 is 22.5 Å². The minimum absolute atomic E-state index is 0.00364. The first-order valence-electron chi connectivity index (χ1n) is 8.74. The number of hydrogen-bond acceptors (Lipinski definition) is 6. The zero-order chi connectivity index (χ0) is 22.6. The van der Waals surface area contributed by atoms with E-state index in [1.54, 1.807) is 6.07 Å². The molecule has 0 bridgehead atoms. The predicted octanol–water partition coefficient (Wildman–Crippen LogP) is 3.93. The van der Waals surface area contributed by atoms with Crippen molar-refractivity contribution >= 4 is 39.1 Å². The molecule has 3 rings (SSSR count). The van der Waals surface area contributed by atoms with Gasteiger partial charge >= 0.3 is 0 Å². The van der Waals surface area contributed by atoms with Gasteiger partial charge in [0, 0.05) is 27.6 Å². The number of nitro groups is 1. The van der Waals surface area contributed by atoms with Crippen LogP contribution in [0.3, 0.4) is 0 Å². The Labute approximate surface area is 181 Å². The number of nitrogens with zero attached hydrogens (tertiary/aromatic N) is 1. The summed E-state index contributed by atoms with van der Waals surface area (Å²) in [5, 5.41) is 18.8. The molecule has 0 aliphatic rings. The van der Waals surface area contributed by atoms with Gasteiger partial charge in [-0.3, -0.25) is 14.9 Å². The number of nitrogens with two attached hydrogens (primary N) is 1. The molecule has 0 aliphatic carbocycles. The quantitative estimate of drug-likeness (QED) is 0.405. The molecule has 0 aliphatic heterocycles. The molecule has 0 unspecified atom stereocenters. The van der Waals surface area contributed by atoms with E-state index in [4.69, 9.17) is 5.14 Å². The Balaban J connectivity index is 1.88. The molecule has 3 aromatic rings. The highest BCUT2D eigenvalue weighted by atomic mass is 32.2. The predicted molar refractivity (Wildman–Crippen MR) is 115 cm³/mol.